The number of rotatable bonds is 8. The second-order valence-corrected chi connectivity index (χ2v) is 10.1. The number of aliphatic hydroxyl groups excluding tert-OH is 1. The Hall–Kier alpha value is -2.93. The molecule has 4 nitrogen and oxygen atoms in total. The van der Waals surface area contributed by atoms with Gasteiger partial charge in [0.05, 0.1) is 18.8 Å². The Labute approximate surface area is 217 Å². The first kappa shape index (κ1) is 24.8. The molecule has 3 atom stereocenters. The molecule has 0 unspecified atom stereocenters. The quantitative estimate of drug-likeness (QED) is 0.267. The van der Waals surface area contributed by atoms with E-state index in [4.69, 9.17) is 15.2 Å². The lowest BCUT2D eigenvalue weighted by Gasteiger charge is -2.36. The van der Waals surface area contributed by atoms with Gasteiger partial charge < -0.3 is 20.3 Å². The SMILES string of the molecule is NCc1cccc(-c2cccc([C@@H]3O[C@H](CSc4ccccc4)C[C@H](c4ccc(CO)cc4)O3)c2)c1. The molecule has 36 heavy (non-hydrogen) atoms. The molecule has 1 saturated heterocycles. The van der Waals surface area contributed by atoms with Gasteiger partial charge in [0.25, 0.3) is 0 Å². The average molecular weight is 498 g/mol. The summed E-state index contributed by atoms with van der Waals surface area (Å²) in [7, 11) is 0. The maximum absolute atomic E-state index is 9.44. The molecule has 5 rings (SSSR count). The van der Waals surface area contributed by atoms with Crippen LogP contribution in [0.4, 0.5) is 0 Å². The number of benzene rings is 4. The summed E-state index contributed by atoms with van der Waals surface area (Å²) < 4.78 is 13.1. The van der Waals surface area contributed by atoms with Crippen molar-refractivity contribution < 1.29 is 14.6 Å². The normalized spacial score (nSPS) is 19.8. The van der Waals surface area contributed by atoms with E-state index in [1.54, 1.807) is 11.8 Å². The van der Waals surface area contributed by atoms with Crippen molar-refractivity contribution in [1.29, 1.82) is 0 Å². The zero-order valence-corrected chi connectivity index (χ0v) is 20.9. The topological polar surface area (TPSA) is 64.7 Å². The summed E-state index contributed by atoms with van der Waals surface area (Å²) >= 11 is 1.81. The third-order valence-electron chi connectivity index (χ3n) is 6.45. The lowest BCUT2D eigenvalue weighted by Crippen LogP contribution is -2.31. The summed E-state index contributed by atoms with van der Waals surface area (Å²) in [6.07, 6.45) is 0.232. The fourth-order valence-electron chi connectivity index (χ4n) is 4.47. The predicted molar refractivity (Wildman–Crippen MR) is 145 cm³/mol. The van der Waals surface area contributed by atoms with Crippen LogP contribution < -0.4 is 5.73 Å². The highest BCUT2D eigenvalue weighted by Gasteiger charge is 2.32. The Morgan fingerprint density at radius 3 is 2.25 bits per heavy atom. The number of hydrogen-bond donors (Lipinski definition) is 2. The van der Waals surface area contributed by atoms with Crippen LogP contribution in [0, 0.1) is 0 Å². The van der Waals surface area contributed by atoms with Gasteiger partial charge in [-0.15, -0.1) is 11.8 Å². The van der Waals surface area contributed by atoms with E-state index in [0.717, 1.165) is 45.6 Å². The Kier molecular flexibility index (Phi) is 8.16. The molecule has 0 aliphatic carbocycles. The molecular formula is C31H31NO3S. The molecular weight excluding hydrogens is 466 g/mol. The Morgan fingerprint density at radius 1 is 0.750 bits per heavy atom. The number of aliphatic hydroxyl groups is 1. The smallest absolute Gasteiger partial charge is 0.184 e. The van der Waals surface area contributed by atoms with Crippen LogP contribution in [-0.2, 0) is 22.6 Å². The molecule has 5 heteroatoms. The minimum atomic E-state index is -0.472. The van der Waals surface area contributed by atoms with E-state index in [0.29, 0.717) is 6.54 Å². The molecule has 0 aromatic heterocycles. The van der Waals surface area contributed by atoms with Crippen LogP contribution in [0.1, 0.15) is 41.1 Å². The van der Waals surface area contributed by atoms with E-state index < -0.39 is 6.29 Å². The monoisotopic (exact) mass is 497 g/mol. The Balaban J connectivity index is 1.40. The maximum Gasteiger partial charge on any atom is 0.184 e. The van der Waals surface area contributed by atoms with E-state index in [1.807, 2.05) is 30.3 Å². The van der Waals surface area contributed by atoms with E-state index in [2.05, 4.69) is 72.8 Å². The zero-order valence-electron chi connectivity index (χ0n) is 20.1. The lowest BCUT2D eigenvalue weighted by atomic mass is 9.99. The van der Waals surface area contributed by atoms with Crippen molar-refractivity contribution >= 4 is 11.8 Å². The summed E-state index contributed by atoms with van der Waals surface area (Å²) in [6.45, 7) is 0.548. The Bertz CT molecular complexity index is 1260. The van der Waals surface area contributed by atoms with Gasteiger partial charge in [-0.2, -0.15) is 0 Å². The Morgan fingerprint density at radius 2 is 1.50 bits per heavy atom. The summed E-state index contributed by atoms with van der Waals surface area (Å²) in [5.41, 5.74) is 12.2. The number of thioether (sulfide) groups is 1. The van der Waals surface area contributed by atoms with Crippen LogP contribution in [0.25, 0.3) is 11.1 Å². The van der Waals surface area contributed by atoms with Crippen molar-refractivity contribution in [2.75, 3.05) is 5.75 Å². The average Bonchev–Trinajstić information content (AvgIpc) is 2.96. The van der Waals surface area contributed by atoms with Gasteiger partial charge in [0.1, 0.15) is 0 Å². The van der Waals surface area contributed by atoms with Crippen molar-refractivity contribution in [3.63, 3.8) is 0 Å². The van der Waals surface area contributed by atoms with Crippen LogP contribution in [0.5, 0.6) is 0 Å². The van der Waals surface area contributed by atoms with Crippen LogP contribution in [0.2, 0.25) is 0 Å². The molecule has 1 aliphatic heterocycles. The van der Waals surface area contributed by atoms with E-state index in [9.17, 15) is 5.11 Å². The molecule has 184 valence electrons. The molecule has 0 amide bonds. The molecule has 1 heterocycles. The molecule has 4 aromatic carbocycles. The fraction of sp³-hybridized carbons (Fsp3) is 0.226. The molecule has 3 N–H and O–H groups in total. The maximum atomic E-state index is 9.44. The molecule has 0 radical (unpaired) electrons. The fourth-order valence-corrected chi connectivity index (χ4v) is 5.41. The third-order valence-corrected chi connectivity index (χ3v) is 7.59. The summed E-state index contributed by atoms with van der Waals surface area (Å²) in [5.74, 6) is 0.841. The number of hydrogen-bond acceptors (Lipinski definition) is 5. The third kappa shape index (κ3) is 6.06. The first-order valence-electron chi connectivity index (χ1n) is 12.3. The van der Waals surface area contributed by atoms with Gasteiger partial charge in [-0.3, -0.25) is 0 Å². The van der Waals surface area contributed by atoms with Crippen molar-refractivity contribution in [2.45, 2.75) is 43.0 Å². The van der Waals surface area contributed by atoms with Gasteiger partial charge in [-0.1, -0.05) is 78.9 Å². The first-order chi connectivity index (χ1) is 17.7. The highest BCUT2D eigenvalue weighted by atomic mass is 32.2. The minimum Gasteiger partial charge on any atom is -0.392 e. The molecule has 0 bridgehead atoms. The van der Waals surface area contributed by atoms with Crippen LogP contribution >= 0.6 is 11.8 Å². The predicted octanol–water partition coefficient (Wildman–Crippen LogP) is 6.64. The first-order valence-corrected chi connectivity index (χ1v) is 13.3. The minimum absolute atomic E-state index is 0.0284. The van der Waals surface area contributed by atoms with Gasteiger partial charge >= 0.3 is 0 Å². The highest BCUT2D eigenvalue weighted by molar-refractivity contribution is 7.99. The number of ether oxygens (including phenoxy) is 2. The lowest BCUT2D eigenvalue weighted by molar-refractivity contribution is -0.245. The van der Waals surface area contributed by atoms with Gasteiger partial charge in [-0.25, -0.2) is 0 Å². The molecule has 0 spiro atoms. The second-order valence-electron chi connectivity index (χ2n) is 9.00. The van der Waals surface area contributed by atoms with Gasteiger partial charge in [0.15, 0.2) is 6.29 Å². The van der Waals surface area contributed by atoms with E-state index in [1.165, 1.54) is 4.90 Å². The van der Waals surface area contributed by atoms with Crippen molar-refractivity contribution in [1.82, 2.24) is 0 Å². The molecule has 0 saturated carbocycles. The van der Waals surface area contributed by atoms with Crippen molar-refractivity contribution in [2.24, 2.45) is 5.73 Å². The van der Waals surface area contributed by atoms with E-state index in [-0.39, 0.29) is 18.8 Å². The van der Waals surface area contributed by atoms with E-state index >= 15 is 0 Å². The number of nitrogens with two attached hydrogens (primary N) is 1. The largest absolute Gasteiger partial charge is 0.392 e. The van der Waals surface area contributed by atoms with Gasteiger partial charge in [0.2, 0.25) is 0 Å². The highest BCUT2D eigenvalue weighted by Crippen LogP contribution is 2.40. The summed E-state index contributed by atoms with van der Waals surface area (Å²) in [5, 5.41) is 9.44. The second kappa shape index (κ2) is 11.9. The van der Waals surface area contributed by atoms with Crippen LogP contribution in [0.15, 0.2) is 108 Å². The van der Waals surface area contributed by atoms with Crippen LogP contribution in [-0.4, -0.2) is 17.0 Å². The van der Waals surface area contributed by atoms with Gasteiger partial charge in [0, 0.05) is 29.2 Å². The summed E-state index contributed by atoms with van der Waals surface area (Å²) in [4.78, 5) is 1.23. The molecule has 1 fully saturated rings. The summed E-state index contributed by atoms with van der Waals surface area (Å²) in [6, 6.07) is 35.1. The van der Waals surface area contributed by atoms with Crippen molar-refractivity contribution in [3.05, 3.63) is 125 Å². The molecule has 4 aromatic rings. The van der Waals surface area contributed by atoms with Gasteiger partial charge in [-0.05, 0) is 52.1 Å². The van der Waals surface area contributed by atoms with Crippen molar-refractivity contribution in [3.8, 4) is 11.1 Å². The molecule has 1 aliphatic rings. The zero-order chi connectivity index (χ0) is 24.7. The van der Waals surface area contributed by atoms with Crippen LogP contribution in [0.3, 0.4) is 0 Å². The standard InChI is InChI=1S/C31H31NO3S/c32-19-23-6-4-7-25(16-23)26-8-5-9-27(17-26)31-34-28(21-36-29-10-2-1-3-11-29)18-30(35-31)24-14-12-22(20-33)13-15-24/h1-17,28,30-31,33H,18-21,32H2/t28-,30+,31+/m0/s1.